The highest BCUT2D eigenvalue weighted by Gasteiger charge is 2.16. The van der Waals surface area contributed by atoms with Crippen molar-refractivity contribution in [2.24, 2.45) is 0 Å². The van der Waals surface area contributed by atoms with E-state index < -0.39 is 29.9 Å². The number of allylic oxidation sites excluding steroid dienone is 1. The molecule has 0 heterocycles. The Morgan fingerprint density at radius 1 is 1.07 bits per heavy atom. The van der Waals surface area contributed by atoms with Gasteiger partial charge in [0.1, 0.15) is 0 Å². The summed E-state index contributed by atoms with van der Waals surface area (Å²) in [6.45, 7) is 1.53. The highest BCUT2D eigenvalue weighted by atomic mass is 16.4. The minimum Gasteiger partial charge on any atom is -0.478 e. The highest BCUT2D eigenvalue weighted by molar-refractivity contribution is 6.37. The third-order valence-electron chi connectivity index (χ3n) is 1.56. The summed E-state index contributed by atoms with van der Waals surface area (Å²) < 4.78 is 0. The Morgan fingerprint density at radius 2 is 1.60 bits per heavy atom. The van der Waals surface area contributed by atoms with Gasteiger partial charge in [0, 0.05) is 5.57 Å². The monoisotopic (exact) mass is 214 g/mol. The molecule has 0 amide bonds. The quantitative estimate of drug-likeness (QED) is 0.366. The molecule has 0 unspecified atom stereocenters. The molecule has 0 aliphatic heterocycles. The van der Waals surface area contributed by atoms with Crippen LogP contribution >= 0.6 is 0 Å². The Bertz CT molecular complexity index is 339. The van der Waals surface area contributed by atoms with E-state index in [-0.39, 0.29) is 12.0 Å². The fourth-order valence-corrected chi connectivity index (χ4v) is 0.794. The number of hydrogen-bond donors (Lipinski definition) is 2. The molecule has 0 aromatic heterocycles. The third kappa shape index (κ3) is 4.70. The topological polar surface area (TPSA) is 109 Å². The minimum atomic E-state index is -1.70. The molecule has 0 aromatic carbocycles. The molecule has 82 valence electrons. The number of carboxylic acids is 2. The van der Waals surface area contributed by atoms with Crippen molar-refractivity contribution in [1.82, 2.24) is 0 Å². The average Bonchev–Trinajstić information content (AvgIpc) is 2.13. The number of rotatable bonds is 6. The van der Waals surface area contributed by atoms with Gasteiger partial charge in [0.15, 0.2) is 5.78 Å². The molecule has 6 heteroatoms. The maximum absolute atomic E-state index is 11.0. The zero-order valence-corrected chi connectivity index (χ0v) is 8.02. The fraction of sp³-hybridized carbons (Fsp3) is 0.333. The van der Waals surface area contributed by atoms with Crippen LogP contribution in [0.25, 0.3) is 0 Å². The van der Waals surface area contributed by atoms with Crippen LogP contribution in [0.2, 0.25) is 0 Å². The van der Waals surface area contributed by atoms with Gasteiger partial charge in [-0.3, -0.25) is 9.59 Å². The maximum atomic E-state index is 11.0. The van der Waals surface area contributed by atoms with E-state index >= 15 is 0 Å². The average molecular weight is 214 g/mol. The van der Waals surface area contributed by atoms with Crippen LogP contribution in [0, 0.1) is 0 Å². The van der Waals surface area contributed by atoms with Gasteiger partial charge in [-0.15, -0.1) is 0 Å². The van der Waals surface area contributed by atoms with Crippen LogP contribution < -0.4 is 0 Å². The SMILES string of the molecule is CC/C(=C/C(=O)CC(=O)C(=O)O)C(=O)O. The normalized spacial score (nSPS) is 10.9. The molecule has 0 fully saturated rings. The molecular formula is C9H10O6. The Balaban J connectivity index is 4.54. The largest absolute Gasteiger partial charge is 0.478 e. The van der Waals surface area contributed by atoms with Gasteiger partial charge in [0.05, 0.1) is 6.42 Å². The van der Waals surface area contributed by atoms with E-state index in [2.05, 4.69) is 0 Å². The summed E-state index contributed by atoms with van der Waals surface area (Å²) in [5.74, 6) is -5.03. The molecule has 0 aliphatic rings. The summed E-state index contributed by atoms with van der Waals surface area (Å²) in [5.41, 5.74) is -0.154. The summed E-state index contributed by atoms with van der Waals surface area (Å²) in [5, 5.41) is 16.7. The number of aliphatic carboxylic acids is 2. The molecule has 0 bridgehead atoms. The van der Waals surface area contributed by atoms with Crippen LogP contribution in [0.5, 0.6) is 0 Å². The number of ketones is 2. The van der Waals surface area contributed by atoms with Crippen LogP contribution in [-0.4, -0.2) is 33.7 Å². The van der Waals surface area contributed by atoms with Gasteiger partial charge in [0.2, 0.25) is 5.78 Å². The van der Waals surface area contributed by atoms with E-state index in [0.29, 0.717) is 0 Å². The summed E-state index contributed by atoms with van der Waals surface area (Å²) in [6, 6.07) is 0. The highest BCUT2D eigenvalue weighted by Crippen LogP contribution is 2.02. The summed E-state index contributed by atoms with van der Waals surface area (Å²) in [4.78, 5) is 42.2. The van der Waals surface area contributed by atoms with Gasteiger partial charge in [0.25, 0.3) is 0 Å². The molecule has 0 aliphatic carbocycles. The van der Waals surface area contributed by atoms with Crippen molar-refractivity contribution >= 4 is 23.5 Å². The van der Waals surface area contributed by atoms with Gasteiger partial charge in [-0.05, 0) is 12.5 Å². The summed E-state index contributed by atoms with van der Waals surface area (Å²) in [6.07, 6.45) is 0.0949. The molecule has 0 atom stereocenters. The van der Waals surface area contributed by atoms with Gasteiger partial charge in [-0.25, -0.2) is 9.59 Å². The van der Waals surface area contributed by atoms with E-state index in [1.54, 1.807) is 0 Å². The Kier molecular flexibility index (Phi) is 4.94. The number of hydrogen-bond acceptors (Lipinski definition) is 4. The van der Waals surface area contributed by atoms with Gasteiger partial charge in [-0.1, -0.05) is 6.92 Å². The maximum Gasteiger partial charge on any atom is 0.372 e. The zero-order chi connectivity index (χ0) is 12.0. The molecule has 0 aromatic rings. The number of carbonyl (C=O) groups is 4. The molecular weight excluding hydrogens is 204 g/mol. The minimum absolute atomic E-state index is 0.127. The molecule has 0 rings (SSSR count). The van der Waals surface area contributed by atoms with Crippen molar-refractivity contribution in [3.63, 3.8) is 0 Å². The van der Waals surface area contributed by atoms with Gasteiger partial charge < -0.3 is 10.2 Å². The van der Waals surface area contributed by atoms with E-state index in [4.69, 9.17) is 10.2 Å². The molecule has 2 N–H and O–H groups in total. The molecule has 0 spiro atoms. The van der Waals surface area contributed by atoms with Crippen LogP contribution in [0.4, 0.5) is 0 Å². The number of Topliss-reactive ketones (excluding diaryl/α,β-unsaturated/α-hetero) is 1. The van der Waals surface area contributed by atoms with Crippen molar-refractivity contribution in [2.45, 2.75) is 19.8 Å². The lowest BCUT2D eigenvalue weighted by Crippen LogP contribution is -2.16. The summed E-state index contributed by atoms with van der Waals surface area (Å²) >= 11 is 0. The lowest BCUT2D eigenvalue weighted by molar-refractivity contribution is -0.149. The van der Waals surface area contributed by atoms with Crippen molar-refractivity contribution < 1.29 is 29.4 Å². The number of carboxylic acid groups (broad SMARTS) is 2. The summed E-state index contributed by atoms with van der Waals surface area (Å²) in [7, 11) is 0. The first-order chi connectivity index (χ1) is 6.88. The van der Waals surface area contributed by atoms with Gasteiger partial charge >= 0.3 is 11.9 Å². The van der Waals surface area contributed by atoms with E-state index in [1.807, 2.05) is 0 Å². The van der Waals surface area contributed by atoms with Crippen molar-refractivity contribution in [3.8, 4) is 0 Å². The van der Waals surface area contributed by atoms with E-state index in [1.165, 1.54) is 6.92 Å². The van der Waals surface area contributed by atoms with Crippen LogP contribution in [0.15, 0.2) is 11.6 Å². The molecule has 0 saturated carbocycles. The second kappa shape index (κ2) is 5.69. The standard InChI is InChI=1S/C9H10O6/c1-2-5(8(12)13)3-6(10)4-7(11)9(14)15/h3H,2,4H2,1H3,(H,12,13)(H,14,15)/b5-3-. The predicted molar refractivity (Wildman–Crippen MR) is 48.3 cm³/mol. The lowest BCUT2D eigenvalue weighted by Gasteiger charge is -1.96. The Hall–Kier alpha value is -1.98. The predicted octanol–water partition coefficient (Wildman–Crippen LogP) is 0.0203. The van der Waals surface area contributed by atoms with Crippen molar-refractivity contribution in [3.05, 3.63) is 11.6 Å². The molecule has 0 radical (unpaired) electrons. The van der Waals surface area contributed by atoms with E-state index in [9.17, 15) is 19.2 Å². The number of carbonyl (C=O) groups excluding carboxylic acids is 2. The first-order valence-corrected chi connectivity index (χ1v) is 4.11. The molecule has 0 saturated heterocycles. The Labute approximate surface area is 85.2 Å². The lowest BCUT2D eigenvalue weighted by atomic mass is 10.1. The first kappa shape index (κ1) is 13.0. The molecule has 6 nitrogen and oxygen atoms in total. The van der Waals surface area contributed by atoms with Crippen molar-refractivity contribution in [2.75, 3.05) is 0 Å². The second-order valence-electron chi connectivity index (χ2n) is 2.70. The van der Waals surface area contributed by atoms with Gasteiger partial charge in [-0.2, -0.15) is 0 Å². The third-order valence-corrected chi connectivity index (χ3v) is 1.56. The molecule has 15 heavy (non-hydrogen) atoms. The van der Waals surface area contributed by atoms with Crippen LogP contribution in [-0.2, 0) is 19.2 Å². The Morgan fingerprint density at radius 3 is 1.93 bits per heavy atom. The van der Waals surface area contributed by atoms with Crippen molar-refractivity contribution in [1.29, 1.82) is 0 Å². The van der Waals surface area contributed by atoms with Crippen LogP contribution in [0.1, 0.15) is 19.8 Å². The zero-order valence-electron chi connectivity index (χ0n) is 8.02. The second-order valence-corrected chi connectivity index (χ2v) is 2.70. The smallest absolute Gasteiger partial charge is 0.372 e. The van der Waals surface area contributed by atoms with Crippen LogP contribution in [0.3, 0.4) is 0 Å². The van der Waals surface area contributed by atoms with E-state index in [0.717, 1.165) is 6.08 Å². The fourth-order valence-electron chi connectivity index (χ4n) is 0.794. The first-order valence-electron chi connectivity index (χ1n) is 4.11.